The third-order valence-corrected chi connectivity index (χ3v) is 5.36. The van der Waals surface area contributed by atoms with Gasteiger partial charge in [-0.3, -0.25) is 4.40 Å². The molecule has 0 aliphatic rings. The van der Waals surface area contributed by atoms with Crippen molar-refractivity contribution in [2.24, 2.45) is 0 Å². The first kappa shape index (κ1) is 21.8. The van der Waals surface area contributed by atoms with E-state index in [2.05, 4.69) is 20.8 Å². The van der Waals surface area contributed by atoms with Gasteiger partial charge in [-0.1, -0.05) is 12.1 Å². The molecule has 0 bridgehead atoms. The number of aromatic nitrogens is 3. The van der Waals surface area contributed by atoms with Crippen LogP contribution in [0.25, 0.3) is 5.65 Å². The molecule has 30 heavy (non-hydrogen) atoms. The van der Waals surface area contributed by atoms with Gasteiger partial charge in [0.15, 0.2) is 23.0 Å². The van der Waals surface area contributed by atoms with Gasteiger partial charge < -0.3 is 20.1 Å². The summed E-state index contributed by atoms with van der Waals surface area (Å²) in [6.07, 6.45) is 5.40. The minimum Gasteiger partial charge on any atom is -0.493 e. The number of urea groups is 1. The number of thioether (sulfide) groups is 1. The maximum absolute atomic E-state index is 12.5. The molecular weight excluding hydrogens is 402 g/mol. The SMILES string of the molecule is COc1ccc(CCNC(=O)N[C@H](CCSC)c2nnc3ccccn23)cc1OC. The number of nitrogens with one attached hydrogen (secondary N) is 2. The lowest BCUT2D eigenvalue weighted by molar-refractivity contribution is 0.236. The number of nitrogens with zero attached hydrogens (tertiary/aromatic N) is 3. The number of amides is 2. The van der Waals surface area contributed by atoms with Crippen LogP contribution < -0.4 is 20.1 Å². The molecule has 0 saturated heterocycles. The quantitative estimate of drug-likeness (QED) is 0.515. The fraction of sp³-hybridized carbons (Fsp3) is 0.381. The molecule has 2 heterocycles. The number of ether oxygens (including phenoxy) is 2. The van der Waals surface area contributed by atoms with Crippen molar-refractivity contribution in [2.45, 2.75) is 18.9 Å². The Morgan fingerprint density at radius 2 is 2.00 bits per heavy atom. The molecule has 0 radical (unpaired) electrons. The van der Waals surface area contributed by atoms with E-state index in [1.54, 1.807) is 26.0 Å². The summed E-state index contributed by atoms with van der Waals surface area (Å²) in [6.45, 7) is 0.497. The zero-order valence-electron chi connectivity index (χ0n) is 17.4. The van der Waals surface area contributed by atoms with Crippen molar-refractivity contribution in [3.05, 3.63) is 54.0 Å². The predicted molar refractivity (Wildman–Crippen MR) is 119 cm³/mol. The highest BCUT2D eigenvalue weighted by atomic mass is 32.2. The predicted octanol–water partition coefficient (Wildman–Crippen LogP) is 3.08. The largest absolute Gasteiger partial charge is 0.493 e. The Labute approximate surface area is 180 Å². The minimum atomic E-state index is -0.228. The van der Waals surface area contributed by atoms with E-state index in [-0.39, 0.29) is 12.1 Å². The number of hydrogen-bond donors (Lipinski definition) is 2. The van der Waals surface area contributed by atoms with E-state index in [0.717, 1.165) is 29.2 Å². The molecule has 0 saturated carbocycles. The van der Waals surface area contributed by atoms with Crippen molar-refractivity contribution < 1.29 is 14.3 Å². The number of methoxy groups -OCH3 is 2. The van der Waals surface area contributed by atoms with Crippen LogP contribution in [0.2, 0.25) is 0 Å². The molecule has 0 unspecified atom stereocenters. The van der Waals surface area contributed by atoms with Crippen LogP contribution in [-0.4, -0.2) is 53.4 Å². The molecule has 8 nitrogen and oxygen atoms in total. The lowest BCUT2D eigenvalue weighted by Crippen LogP contribution is -2.39. The summed E-state index contributed by atoms with van der Waals surface area (Å²) in [5.41, 5.74) is 1.81. The highest BCUT2D eigenvalue weighted by molar-refractivity contribution is 7.98. The average molecular weight is 430 g/mol. The lowest BCUT2D eigenvalue weighted by atomic mass is 10.1. The molecule has 2 amide bonds. The molecule has 0 fully saturated rings. The fourth-order valence-corrected chi connectivity index (χ4v) is 3.64. The summed E-state index contributed by atoms with van der Waals surface area (Å²) in [5.74, 6) is 2.99. The summed E-state index contributed by atoms with van der Waals surface area (Å²) < 4.78 is 12.5. The smallest absolute Gasteiger partial charge is 0.315 e. The molecule has 1 aromatic carbocycles. The summed E-state index contributed by atoms with van der Waals surface area (Å²) in [5, 5.41) is 14.5. The standard InChI is InChI=1S/C21H27N5O3S/c1-28-17-8-7-15(14-18(17)29-2)9-11-22-21(27)23-16(10-13-30-3)20-25-24-19-6-4-5-12-26(19)20/h4-8,12,14,16H,9-11,13H2,1-3H3,(H2,22,23,27)/t16-/m1/s1. The molecule has 2 N–H and O–H groups in total. The topological polar surface area (TPSA) is 89.8 Å². The normalized spacial score (nSPS) is 11.8. The van der Waals surface area contributed by atoms with E-state index in [1.807, 2.05) is 53.3 Å². The van der Waals surface area contributed by atoms with Gasteiger partial charge in [0, 0.05) is 12.7 Å². The average Bonchev–Trinajstić information content (AvgIpc) is 3.20. The van der Waals surface area contributed by atoms with Crippen LogP contribution in [0.4, 0.5) is 4.79 Å². The van der Waals surface area contributed by atoms with Crippen molar-refractivity contribution in [1.29, 1.82) is 0 Å². The second kappa shape index (κ2) is 10.7. The van der Waals surface area contributed by atoms with Crippen LogP contribution in [0.15, 0.2) is 42.6 Å². The Kier molecular flexibility index (Phi) is 7.78. The molecule has 2 aromatic heterocycles. The Hall–Kier alpha value is -2.94. The fourth-order valence-electron chi connectivity index (χ4n) is 3.16. The molecule has 9 heteroatoms. The van der Waals surface area contributed by atoms with Gasteiger partial charge >= 0.3 is 6.03 Å². The van der Waals surface area contributed by atoms with E-state index in [4.69, 9.17) is 9.47 Å². The van der Waals surface area contributed by atoms with E-state index in [0.29, 0.717) is 24.5 Å². The third kappa shape index (κ3) is 5.35. The molecule has 3 rings (SSSR count). The first-order chi connectivity index (χ1) is 14.7. The maximum atomic E-state index is 12.5. The van der Waals surface area contributed by atoms with E-state index < -0.39 is 0 Å². The van der Waals surface area contributed by atoms with Gasteiger partial charge in [-0.25, -0.2) is 4.79 Å². The highest BCUT2D eigenvalue weighted by Crippen LogP contribution is 2.27. The second-order valence-corrected chi connectivity index (χ2v) is 7.65. The van der Waals surface area contributed by atoms with Gasteiger partial charge in [-0.15, -0.1) is 10.2 Å². The molecule has 160 valence electrons. The van der Waals surface area contributed by atoms with Gasteiger partial charge in [0.05, 0.1) is 20.3 Å². The first-order valence-electron chi connectivity index (χ1n) is 9.70. The van der Waals surface area contributed by atoms with Crippen LogP contribution in [0, 0.1) is 0 Å². The van der Waals surface area contributed by atoms with Gasteiger partial charge in [0.1, 0.15) is 0 Å². The maximum Gasteiger partial charge on any atom is 0.315 e. The molecule has 0 aliphatic carbocycles. The van der Waals surface area contributed by atoms with Gasteiger partial charge in [0.2, 0.25) is 0 Å². The third-order valence-electron chi connectivity index (χ3n) is 4.71. The number of benzene rings is 1. The Morgan fingerprint density at radius 3 is 2.77 bits per heavy atom. The number of pyridine rings is 1. The minimum absolute atomic E-state index is 0.226. The first-order valence-corrected chi connectivity index (χ1v) is 11.1. The summed E-state index contributed by atoms with van der Waals surface area (Å²) in [4.78, 5) is 12.5. The molecule has 0 spiro atoms. The van der Waals surface area contributed by atoms with Crippen LogP contribution in [0.5, 0.6) is 11.5 Å². The van der Waals surface area contributed by atoms with Crippen molar-refractivity contribution in [1.82, 2.24) is 25.2 Å². The second-order valence-electron chi connectivity index (χ2n) is 6.66. The van der Waals surface area contributed by atoms with Crippen molar-refractivity contribution in [3.8, 4) is 11.5 Å². The number of carbonyl (C=O) groups excluding carboxylic acids is 1. The van der Waals surface area contributed by atoms with Gasteiger partial charge in [-0.2, -0.15) is 11.8 Å². The zero-order chi connectivity index (χ0) is 21.3. The summed E-state index contributed by atoms with van der Waals surface area (Å²) in [6, 6.07) is 11.0. The number of hydrogen-bond acceptors (Lipinski definition) is 6. The number of rotatable bonds is 10. The van der Waals surface area contributed by atoms with Gasteiger partial charge in [0.25, 0.3) is 0 Å². The van der Waals surface area contributed by atoms with Crippen LogP contribution in [-0.2, 0) is 6.42 Å². The van der Waals surface area contributed by atoms with Crippen LogP contribution in [0.1, 0.15) is 23.9 Å². The Morgan fingerprint density at radius 1 is 1.17 bits per heavy atom. The molecule has 0 aliphatic heterocycles. The Balaban J connectivity index is 1.60. The van der Waals surface area contributed by atoms with Gasteiger partial charge in [-0.05, 0) is 54.7 Å². The monoisotopic (exact) mass is 429 g/mol. The summed E-state index contributed by atoms with van der Waals surface area (Å²) >= 11 is 1.73. The Bertz CT molecular complexity index is 978. The van der Waals surface area contributed by atoms with Crippen LogP contribution >= 0.6 is 11.8 Å². The van der Waals surface area contributed by atoms with Crippen molar-refractivity contribution >= 4 is 23.4 Å². The zero-order valence-corrected chi connectivity index (χ0v) is 18.2. The highest BCUT2D eigenvalue weighted by Gasteiger charge is 2.20. The van der Waals surface area contributed by atoms with Crippen molar-refractivity contribution in [3.63, 3.8) is 0 Å². The number of carbonyl (C=O) groups is 1. The number of fused-ring (bicyclic) bond motifs is 1. The lowest BCUT2D eigenvalue weighted by Gasteiger charge is -2.17. The molecule has 3 aromatic rings. The molecule has 1 atom stereocenters. The van der Waals surface area contributed by atoms with E-state index in [9.17, 15) is 4.79 Å². The summed E-state index contributed by atoms with van der Waals surface area (Å²) in [7, 11) is 3.21. The van der Waals surface area contributed by atoms with E-state index in [1.165, 1.54) is 0 Å². The van der Waals surface area contributed by atoms with Crippen LogP contribution in [0.3, 0.4) is 0 Å². The van der Waals surface area contributed by atoms with Crippen molar-refractivity contribution in [2.75, 3.05) is 32.8 Å². The van der Waals surface area contributed by atoms with E-state index >= 15 is 0 Å². The molecular formula is C21H27N5O3S.